The number of nitrogens with zero attached hydrogens (tertiary/aromatic N) is 2. The highest BCUT2D eigenvalue weighted by atomic mass is 32.2. The molecule has 1 atom stereocenters. The van der Waals surface area contributed by atoms with E-state index >= 15 is 0 Å². The Hall–Kier alpha value is -2.93. The van der Waals surface area contributed by atoms with Gasteiger partial charge in [0.25, 0.3) is 0 Å². The van der Waals surface area contributed by atoms with Crippen LogP contribution in [0.25, 0.3) is 5.69 Å². The summed E-state index contributed by atoms with van der Waals surface area (Å²) in [5, 5.41) is 7.72. The van der Waals surface area contributed by atoms with Gasteiger partial charge in [-0.05, 0) is 37.3 Å². The minimum atomic E-state index is -0.0582. The first-order valence-electron chi connectivity index (χ1n) is 8.90. The fourth-order valence-corrected chi connectivity index (χ4v) is 4.64. The summed E-state index contributed by atoms with van der Waals surface area (Å²) in [5.74, 6) is 2.59. The summed E-state index contributed by atoms with van der Waals surface area (Å²) in [4.78, 5) is 12.4. The lowest BCUT2D eigenvalue weighted by molar-refractivity contribution is -0.113. The van der Waals surface area contributed by atoms with E-state index < -0.39 is 0 Å². The molecule has 144 valence electrons. The number of carbonyl (C=O) groups is 1. The van der Waals surface area contributed by atoms with Gasteiger partial charge in [0.2, 0.25) is 5.91 Å². The lowest BCUT2D eigenvalue weighted by atomic mass is 10.0. The van der Waals surface area contributed by atoms with E-state index in [2.05, 4.69) is 5.32 Å². The Balaban J connectivity index is 1.87. The molecule has 0 bridgehead atoms. The van der Waals surface area contributed by atoms with Crippen LogP contribution in [-0.4, -0.2) is 35.7 Å². The largest absolute Gasteiger partial charge is 0.497 e. The van der Waals surface area contributed by atoms with Gasteiger partial charge in [0.05, 0.1) is 36.6 Å². The zero-order valence-electron chi connectivity index (χ0n) is 15.9. The van der Waals surface area contributed by atoms with E-state index in [0.29, 0.717) is 11.6 Å². The Kier molecular flexibility index (Phi) is 5.00. The van der Waals surface area contributed by atoms with Crippen molar-refractivity contribution in [2.24, 2.45) is 0 Å². The van der Waals surface area contributed by atoms with Gasteiger partial charge < -0.3 is 14.8 Å². The smallest absolute Gasteiger partial charge is 0.235 e. The molecule has 0 saturated carbocycles. The number of methoxy groups -OCH3 is 2. The van der Waals surface area contributed by atoms with Crippen molar-refractivity contribution in [1.82, 2.24) is 9.78 Å². The van der Waals surface area contributed by atoms with Crippen LogP contribution >= 0.6 is 11.8 Å². The van der Waals surface area contributed by atoms with Crippen molar-refractivity contribution in [1.29, 1.82) is 0 Å². The maximum absolute atomic E-state index is 12.4. The number of nitrogens with one attached hydrogen (secondary N) is 1. The number of aromatic nitrogens is 2. The molecule has 4 rings (SSSR count). The van der Waals surface area contributed by atoms with E-state index in [1.807, 2.05) is 55.5 Å². The Morgan fingerprint density at radius 3 is 2.57 bits per heavy atom. The van der Waals surface area contributed by atoms with Crippen LogP contribution < -0.4 is 14.8 Å². The monoisotopic (exact) mass is 395 g/mol. The molecule has 1 N–H and O–H groups in total. The molecule has 2 heterocycles. The SMILES string of the molecule is COc1ccc(-n2nc(C)c3c2NC(=O)CS[C@@H]3c2ccccc2OC)cc1. The molecule has 3 aromatic rings. The van der Waals surface area contributed by atoms with E-state index in [9.17, 15) is 4.79 Å². The third kappa shape index (κ3) is 3.22. The van der Waals surface area contributed by atoms with E-state index in [4.69, 9.17) is 14.6 Å². The van der Waals surface area contributed by atoms with Gasteiger partial charge in [-0.2, -0.15) is 5.10 Å². The zero-order chi connectivity index (χ0) is 19.7. The number of thioether (sulfide) groups is 1. The van der Waals surface area contributed by atoms with Crippen molar-refractivity contribution in [2.75, 3.05) is 25.3 Å². The lowest BCUT2D eigenvalue weighted by Crippen LogP contribution is -2.15. The second kappa shape index (κ2) is 7.59. The van der Waals surface area contributed by atoms with Crippen LogP contribution in [0.3, 0.4) is 0 Å². The Morgan fingerprint density at radius 2 is 1.86 bits per heavy atom. The van der Waals surface area contributed by atoms with Gasteiger partial charge in [-0.15, -0.1) is 11.8 Å². The minimum absolute atomic E-state index is 0.0432. The van der Waals surface area contributed by atoms with Crippen LogP contribution in [0.15, 0.2) is 48.5 Å². The summed E-state index contributed by atoms with van der Waals surface area (Å²) < 4.78 is 12.6. The molecule has 7 heteroatoms. The molecule has 1 aliphatic rings. The van der Waals surface area contributed by atoms with E-state index in [-0.39, 0.29) is 11.2 Å². The number of benzene rings is 2. The molecule has 0 radical (unpaired) electrons. The van der Waals surface area contributed by atoms with Crippen molar-refractivity contribution in [3.63, 3.8) is 0 Å². The van der Waals surface area contributed by atoms with Crippen molar-refractivity contribution in [3.8, 4) is 17.2 Å². The van der Waals surface area contributed by atoms with Crippen LogP contribution in [-0.2, 0) is 4.79 Å². The Morgan fingerprint density at radius 1 is 1.11 bits per heavy atom. The fraction of sp³-hybridized carbons (Fsp3) is 0.238. The van der Waals surface area contributed by atoms with Gasteiger partial charge in [0, 0.05) is 11.1 Å². The first-order valence-corrected chi connectivity index (χ1v) is 9.95. The second-order valence-electron chi connectivity index (χ2n) is 6.44. The third-order valence-electron chi connectivity index (χ3n) is 4.75. The van der Waals surface area contributed by atoms with Gasteiger partial charge >= 0.3 is 0 Å². The van der Waals surface area contributed by atoms with Crippen molar-refractivity contribution in [3.05, 3.63) is 65.4 Å². The van der Waals surface area contributed by atoms with E-state index in [0.717, 1.165) is 34.0 Å². The van der Waals surface area contributed by atoms with Crippen molar-refractivity contribution >= 4 is 23.5 Å². The number of carbonyl (C=O) groups excluding carboxylic acids is 1. The van der Waals surface area contributed by atoms with Crippen LogP contribution in [0.5, 0.6) is 11.5 Å². The lowest BCUT2D eigenvalue weighted by Gasteiger charge is -2.18. The number of hydrogen-bond acceptors (Lipinski definition) is 5. The van der Waals surface area contributed by atoms with E-state index in [1.165, 1.54) is 0 Å². The molecule has 6 nitrogen and oxygen atoms in total. The minimum Gasteiger partial charge on any atom is -0.497 e. The predicted octanol–water partition coefficient (Wildman–Crippen LogP) is 3.97. The van der Waals surface area contributed by atoms with Crippen LogP contribution in [0.2, 0.25) is 0 Å². The Bertz CT molecular complexity index is 1010. The Labute approximate surface area is 167 Å². The number of para-hydroxylation sites is 1. The molecule has 28 heavy (non-hydrogen) atoms. The average Bonchev–Trinajstić information content (AvgIpc) is 2.93. The zero-order valence-corrected chi connectivity index (χ0v) is 16.7. The highest BCUT2D eigenvalue weighted by Crippen LogP contribution is 2.46. The number of ether oxygens (including phenoxy) is 2. The van der Waals surface area contributed by atoms with Gasteiger partial charge in [-0.25, -0.2) is 4.68 Å². The molecule has 1 amide bonds. The number of fused-ring (bicyclic) bond motifs is 1. The molecule has 0 saturated heterocycles. The quantitative estimate of drug-likeness (QED) is 0.724. The predicted molar refractivity (Wildman–Crippen MR) is 111 cm³/mol. The summed E-state index contributed by atoms with van der Waals surface area (Å²) in [6, 6.07) is 15.5. The molecule has 1 aliphatic heterocycles. The molecule has 0 fully saturated rings. The summed E-state index contributed by atoms with van der Waals surface area (Å²) in [6.07, 6.45) is 0. The highest BCUT2D eigenvalue weighted by molar-refractivity contribution is 8.00. The topological polar surface area (TPSA) is 65.4 Å². The van der Waals surface area contributed by atoms with Gasteiger partial charge in [0.1, 0.15) is 17.3 Å². The average molecular weight is 395 g/mol. The molecule has 0 spiro atoms. The summed E-state index contributed by atoms with van der Waals surface area (Å²) in [7, 11) is 3.30. The third-order valence-corrected chi connectivity index (χ3v) is 6.00. The molecule has 1 aromatic heterocycles. The van der Waals surface area contributed by atoms with Gasteiger partial charge in [-0.1, -0.05) is 18.2 Å². The van der Waals surface area contributed by atoms with Crippen LogP contribution in [0, 0.1) is 6.92 Å². The van der Waals surface area contributed by atoms with E-state index in [1.54, 1.807) is 30.7 Å². The number of aryl methyl sites for hydroxylation is 1. The standard InChI is InChI=1S/C21H21N3O3S/c1-13-19-20(16-6-4-5-7-17(16)27-3)28-12-18(25)22-21(19)24(23-13)14-8-10-15(26-2)11-9-14/h4-11,20H,12H2,1-3H3,(H,22,25)/t20-/m1/s1. The number of rotatable bonds is 4. The fourth-order valence-electron chi connectivity index (χ4n) is 3.42. The molecular formula is C21H21N3O3S. The van der Waals surface area contributed by atoms with Gasteiger partial charge in [0.15, 0.2) is 0 Å². The summed E-state index contributed by atoms with van der Waals surface area (Å²) in [6.45, 7) is 1.97. The summed E-state index contributed by atoms with van der Waals surface area (Å²) >= 11 is 1.58. The normalized spacial score (nSPS) is 16.1. The second-order valence-corrected chi connectivity index (χ2v) is 7.53. The maximum atomic E-state index is 12.4. The van der Waals surface area contributed by atoms with Crippen molar-refractivity contribution in [2.45, 2.75) is 12.2 Å². The first-order chi connectivity index (χ1) is 13.6. The number of amides is 1. The molecular weight excluding hydrogens is 374 g/mol. The highest BCUT2D eigenvalue weighted by Gasteiger charge is 2.32. The maximum Gasteiger partial charge on any atom is 0.235 e. The molecule has 2 aromatic carbocycles. The van der Waals surface area contributed by atoms with Crippen molar-refractivity contribution < 1.29 is 14.3 Å². The molecule has 0 unspecified atom stereocenters. The number of hydrogen-bond donors (Lipinski definition) is 1. The van der Waals surface area contributed by atoms with Gasteiger partial charge in [-0.3, -0.25) is 4.79 Å². The van der Waals surface area contributed by atoms with Crippen LogP contribution in [0.1, 0.15) is 22.1 Å². The molecule has 0 aliphatic carbocycles. The summed E-state index contributed by atoms with van der Waals surface area (Å²) in [5.41, 5.74) is 3.76. The van der Waals surface area contributed by atoms with Crippen LogP contribution in [0.4, 0.5) is 5.82 Å². The first kappa shape index (κ1) is 18.4. The number of anilines is 1.